The van der Waals surface area contributed by atoms with Gasteiger partial charge in [0.25, 0.3) is 0 Å². The maximum absolute atomic E-state index is 11.6. The topological polar surface area (TPSA) is 95.9 Å². The van der Waals surface area contributed by atoms with Crippen LogP contribution in [0.4, 0.5) is 0 Å². The monoisotopic (exact) mass is 385 g/mol. The second-order valence-corrected chi connectivity index (χ2v) is 7.20. The van der Waals surface area contributed by atoms with E-state index in [1.54, 1.807) is 24.3 Å². The highest BCUT2D eigenvalue weighted by molar-refractivity contribution is 5.77. The Morgan fingerprint density at radius 2 is 1.50 bits per heavy atom. The highest BCUT2D eigenvalue weighted by Gasteiger charge is 2.26. The number of hydrogen-bond acceptors (Lipinski definition) is 4. The number of ether oxygens (including phenoxy) is 1. The third-order valence-corrected chi connectivity index (χ3v) is 4.32. The van der Waals surface area contributed by atoms with Gasteiger partial charge >= 0.3 is 11.9 Å². The fourth-order valence-electron chi connectivity index (χ4n) is 2.87. The van der Waals surface area contributed by atoms with Gasteiger partial charge in [0.2, 0.25) is 0 Å². The van der Waals surface area contributed by atoms with Gasteiger partial charge in [0, 0.05) is 0 Å². The van der Waals surface area contributed by atoms with Crippen LogP contribution in [0, 0.1) is 5.92 Å². The van der Waals surface area contributed by atoms with Crippen LogP contribution < -0.4 is 10.1 Å². The molecule has 2 atom stereocenters. The van der Waals surface area contributed by atoms with Crippen LogP contribution in [0.3, 0.4) is 0 Å². The molecule has 0 aromatic heterocycles. The van der Waals surface area contributed by atoms with Gasteiger partial charge < -0.3 is 14.9 Å². The van der Waals surface area contributed by atoms with Crippen molar-refractivity contribution < 1.29 is 24.5 Å². The first-order valence-electron chi connectivity index (χ1n) is 9.32. The number of aliphatic carboxylic acids is 2. The van der Waals surface area contributed by atoms with E-state index in [1.807, 2.05) is 44.2 Å². The second kappa shape index (κ2) is 10.5. The molecule has 150 valence electrons. The van der Waals surface area contributed by atoms with E-state index in [0.29, 0.717) is 18.8 Å². The van der Waals surface area contributed by atoms with Gasteiger partial charge in [-0.1, -0.05) is 56.3 Å². The smallest absolute Gasteiger partial charge is 0.321 e. The fourth-order valence-corrected chi connectivity index (χ4v) is 2.87. The molecule has 0 unspecified atom stereocenters. The minimum atomic E-state index is -1.07. The predicted octanol–water partition coefficient (Wildman–Crippen LogP) is 3.35. The normalized spacial score (nSPS) is 13.1. The first-order chi connectivity index (χ1) is 13.3. The zero-order valence-electron chi connectivity index (χ0n) is 16.2. The molecule has 0 radical (unpaired) electrons. The van der Waals surface area contributed by atoms with E-state index in [0.717, 1.165) is 11.1 Å². The highest BCUT2D eigenvalue weighted by Crippen LogP contribution is 2.16. The minimum Gasteiger partial charge on any atom is -0.489 e. The summed E-state index contributed by atoms with van der Waals surface area (Å²) in [6.07, 6.45) is 0.557. The van der Waals surface area contributed by atoms with Gasteiger partial charge in [0.05, 0.1) is 0 Å². The van der Waals surface area contributed by atoms with Crippen molar-refractivity contribution in [1.82, 2.24) is 5.32 Å². The van der Waals surface area contributed by atoms with Crippen LogP contribution in [-0.2, 0) is 22.6 Å². The summed E-state index contributed by atoms with van der Waals surface area (Å²) in [5.74, 6) is -1.27. The number of carbonyl (C=O) groups is 2. The molecule has 6 nitrogen and oxygen atoms in total. The van der Waals surface area contributed by atoms with E-state index >= 15 is 0 Å². The molecule has 0 spiro atoms. The lowest BCUT2D eigenvalue weighted by Gasteiger charge is -2.22. The summed E-state index contributed by atoms with van der Waals surface area (Å²) < 4.78 is 5.73. The summed E-state index contributed by atoms with van der Waals surface area (Å²) in [5, 5.41) is 21.6. The Bertz CT molecular complexity index is 758. The molecule has 0 saturated carbocycles. The zero-order valence-corrected chi connectivity index (χ0v) is 16.2. The van der Waals surface area contributed by atoms with Crippen LogP contribution >= 0.6 is 0 Å². The summed E-state index contributed by atoms with van der Waals surface area (Å²) in [6, 6.07) is 15.1. The molecule has 0 heterocycles. The van der Waals surface area contributed by atoms with Crippen LogP contribution in [-0.4, -0.2) is 34.2 Å². The Kier molecular flexibility index (Phi) is 8.02. The Labute approximate surface area is 165 Å². The summed E-state index contributed by atoms with van der Waals surface area (Å²) >= 11 is 0. The number of hydrogen-bond donors (Lipinski definition) is 3. The van der Waals surface area contributed by atoms with Crippen molar-refractivity contribution in [1.29, 1.82) is 0 Å². The summed E-state index contributed by atoms with van der Waals surface area (Å²) in [7, 11) is 0. The van der Waals surface area contributed by atoms with E-state index < -0.39 is 24.0 Å². The average molecular weight is 385 g/mol. The van der Waals surface area contributed by atoms with Gasteiger partial charge in [-0.3, -0.25) is 14.9 Å². The predicted molar refractivity (Wildman–Crippen MR) is 106 cm³/mol. The van der Waals surface area contributed by atoms with Crippen molar-refractivity contribution in [3.05, 3.63) is 65.7 Å². The number of carboxylic acids is 2. The molecule has 0 bridgehead atoms. The molecular weight excluding hydrogens is 358 g/mol. The van der Waals surface area contributed by atoms with Crippen molar-refractivity contribution in [3.8, 4) is 5.75 Å². The molecule has 2 rings (SSSR count). The molecule has 0 amide bonds. The third kappa shape index (κ3) is 7.04. The first-order valence-corrected chi connectivity index (χ1v) is 9.32. The van der Waals surface area contributed by atoms with E-state index in [4.69, 9.17) is 4.74 Å². The number of benzene rings is 2. The molecule has 0 aliphatic rings. The summed E-state index contributed by atoms with van der Waals surface area (Å²) in [6.45, 7) is 4.26. The molecule has 0 aliphatic heterocycles. The van der Waals surface area contributed by atoms with Crippen LogP contribution in [0.5, 0.6) is 5.75 Å². The maximum atomic E-state index is 11.6. The molecule has 3 N–H and O–H groups in total. The van der Waals surface area contributed by atoms with Crippen molar-refractivity contribution in [2.45, 2.75) is 45.4 Å². The Balaban J connectivity index is 1.97. The van der Waals surface area contributed by atoms with Gasteiger partial charge in [0.15, 0.2) is 0 Å². The lowest BCUT2D eigenvalue weighted by atomic mass is 10.0. The van der Waals surface area contributed by atoms with Crippen LogP contribution in [0.15, 0.2) is 54.6 Å². The van der Waals surface area contributed by atoms with E-state index in [2.05, 4.69) is 5.32 Å². The third-order valence-electron chi connectivity index (χ3n) is 4.32. The standard InChI is InChI=1S/C22H27NO5/c1-15(2)12-19(21(24)25)23-20(22(26)27)13-16-8-10-18(11-9-16)28-14-17-6-4-3-5-7-17/h3-11,15,19-20,23H,12-14H2,1-2H3,(H,24,25)(H,26,27)/t19-,20-/m0/s1. The maximum Gasteiger partial charge on any atom is 0.321 e. The van der Waals surface area contributed by atoms with Gasteiger partial charge in [-0.2, -0.15) is 0 Å². The number of carboxylic acid groups (broad SMARTS) is 2. The minimum absolute atomic E-state index is 0.143. The Hall–Kier alpha value is -2.86. The van der Waals surface area contributed by atoms with E-state index in [1.165, 1.54) is 0 Å². The van der Waals surface area contributed by atoms with Gasteiger partial charge in [0.1, 0.15) is 24.4 Å². The average Bonchev–Trinajstić information content (AvgIpc) is 2.66. The molecule has 0 aliphatic carbocycles. The number of rotatable bonds is 11. The lowest BCUT2D eigenvalue weighted by molar-refractivity contribution is -0.142. The molecule has 0 saturated heterocycles. The first kappa shape index (κ1) is 21.4. The molecule has 2 aromatic rings. The summed E-state index contributed by atoms with van der Waals surface area (Å²) in [5.41, 5.74) is 1.85. The van der Waals surface area contributed by atoms with Crippen molar-refractivity contribution in [2.24, 2.45) is 5.92 Å². The lowest BCUT2D eigenvalue weighted by Crippen LogP contribution is -2.48. The molecular formula is C22H27NO5. The van der Waals surface area contributed by atoms with E-state index in [-0.39, 0.29) is 12.3 Å². The fraction of sp³-hybridized carbons (Fsp3) is 0.364. The number of nitrogens with one attached hydrogen (secondary N) is 1. The molecule has 28 heavy (non-hydrogen) atoms. The van der Waals surface area contributed by atoms with Crippen LogP contribution in [0.1, 0.15) is 31.4 Å². The molecule has 2 aromatic carbocycles. The Morgan fingerprint density at radius 3 is 2.04 bits per heavy atom. The van der Waals surface area contributed by atoms with Gasteiger partial charge in [-0.05, 0) is 42.0 Å². The zero-order chi connectivity index (χ0) is 20.5. The molecule has 0 fully saturated rings. The highest BCUT2D eigenvalue weighted by atomic mass is 16.5. The van der Waals surface area contributed by atoms with Gasteiger partial charge in [-0.15, -0.1) is 0 Å². The van der Waals surface area contributed by atoms with E-state index in [9.17, 15) is 19.8 Å². The van der Waals surface area contributed by atoms with Crippen molar-refractivity contribution >= 4 is 11.9 Å². The van der Waals surface area contributed by atoms with Crippen molar-refractivity contribution in [3.63, 3.8) is 0 Å². The van der Waals surface area contributed by atoms with Gasteiger partial charge in [-0.25, -0.2) is 0 Å². The molecule has 6 heteroatoms. The Morgan fingerprint density at radius 1 is 0.893 bits per heavy atom. The van der Waals surface area contributed by atoms with Crippen LogP contribution in [0.25, 0.3) is 0 Å². The van der Waals surface area contributed by atoms with Crippen LogP contribution in [0.2, 0.25) is 0 Å². The summed E-state index contributed by atoms with van der Waals surface area (Å²) in [4.78, 5) is 23.0. The second-order valence-electron chi connectivity index (χ2n) is 7.20. The largest absolute Gasteiger partial charge is 0.489 e. The quantitative estimate of drug-likeness (QED) is 0.549. The van der Waals surface area contributed by atoms with Crippen molar-refractivity contribution in [2.75, 3.05) is 0 Å². The SMILES string of the molecule is CC(C)C[C@H](N[C@@H](Cc1ccc(OCc2ccccc2)cc1)C(=O)O)C(=O)O.